The maximum atomic E-state index is 12.8. The molecule has 0 aromatic carbocycles. The molecule has 0 saturated carbocycles. The number of ether oxygens (including phenoxy) is 1. The van der Waals surface area contributed by atoms with E-state index in [0.717, 1.165) is 0 Å². The van der Waals surface area contributed by atoms with Crippen LogP contribution < -0.4 is 5.32 Å². The van der Waals surface area contributed by atoms with Gasteiger partial charge in [0.05, 0.1) is 0 Å². The van der Waals surface area contributed by atoms with E-state index in [-0.39, 0.29) is 12.0 Å². The van der Waals surface area contributed by atoms with Gasteiger partial charge in [0, 0.05) is 19.3 Å². The summed E-state index contributed by atoms with van der Waals surface area (Å²) in [6, 6.07) is -1.54. The van der Waals surface area contributed by atoms with Gasteiger partial charge in [0.15, 0.2) is 0 Å². The molecule has 1 unspecified atom stereocenters. The Bertz CT molecular complexity index is 188. The van der Waals surface area contributed by atoms with E-state index in [1.54, 1.807) is 13.8 Å². The maximum Gasteiger partial charge on any atom is 0.404 e. The zero-order chi connectivity index (χ0) is 11.5. The summed E-state index contributed by atoms with van der Waals surface area (Å²) in [6.45, 7) is 4.35. The monoisotopic (exact) mass is 225 g/mol. The van der Waals surface area contributed by atoms with Gasteiger partial charge >= 0.3 is 6.18 Å². The van der Waals surface area contributed by atoms with Gasteiger partial charge in [0.1, 0.15) is 6.04 Å². The molecule has 1 atom stereocenters. The Balaban J connectivity index is 2.61. The Morgan fingerprint density at radius 1 is 1.20 bits per heavy atom. The van der Waals surface area contributed by atoms with Gasteiger partial charge in [0.25, 0.3) is 0 Å². The summed E-state index contributed by atoms with van der Waals surface area (Å²) in [4.78, 5) is 0. The van der Waals surface area contributed by atoms with Gasteiger partial charge in [-0.3, -0.25) is 0 Å². The van der Waals surface area contributed by atoms with E-state index >= 15 is 0 Å². The molecule has 1 fully saturated rings. The van der Waals surface area contributed by atoms with Crippen molar-refractivity contribution in [3.05, 3.63) is 0 Å². The van der Waals surface area contributed by atoms with Crippen molar-refractivity contribution in [3.8, 4) is 0 Å². The summed E-state index contributed by atoms with van der Waals surface area (Å²) in [6.07, 6.45) is -3.18. The minimum atomic E-state index is -4.16. The largest absolute Gasteiger partial charge is 0.404 e. The van der Waals surface area contributed by atoms with Crippen molar-refractivity contribution < 1.29 is 17.9 Å². The Labute approximate surface area is 88.2 Å². The minimum absolute atomic E-state index is 0.153. The zero-order valence-electron chi connectivity index (χ0n) is 9.10. The molecule has 1 saturated heterocycles. The van der Waals surface area contributed by atoms with Crippen LogP contribution in [0.4, 0.5) is 13.2 Å². The lowest BCUT2D eigenvalue weighted by Crippen LogP contribution is -2.51. The first-order chi connectivity index (χ1) is 6.91. The van der Waals surface area contributed by atoms with Crippen LogP contribution in [0.25, 0.3) is 0 Å². The number of rotatable bonds is 3. The first kappa shape index (κ1) is 12.8. The fraction of sp³-hybridized carbons (Fsp3) is 1.00. The van der Waals surface area contributed by atoms with Gasteiger partial charge < -0.3 is 10.1 Å². The molecule has 0 aromatic heterocycles. The van der Waals surface area contributed by atoms with E-state index in [9.17, 15) is 13.2 Å². The summed E-state index contributed by atoms with van der Waals surface area (Å²) >= 11 is 0. The van der Waals surface area contributed by atoms with Crippen molar-refractivity contribution in [3.63, 3.8) is 0 Å². The number of hydrogen-bond acceptors (Lipinski definition) is 2. The number of alkyl halides is 3. The molecule has 0 aromatic rings. The normalized spacial score (nSPS) is 22.0. The Morgan fingerprint density at radius 2 is 1.73 bits per heavy atom. The molecule has 2 nitrogen and oxygen atoms in total. The van der Waals surface area contributed by atoms with Crippen molar-refractivity contribution in [2.45, 2.75) is 44.9 Å². The minimum Gasteiger partial charge on any atom is -0.381 e. The second-order valence-electron chi connectivity index (χ2n) is 4.29. The van der Waals surface area contributed by atoms with E-state index in [2.05, 4.69) is 5.32 Å². The summed E-state index contributed by atoms with van der Waals surface area (Å²) < 4.78 is 43.4. The van der Waals surface area contributed by atoms with Crippen LogP contribution in [0.15, 0.2) is 0 Å². The van der Waals surface area contributed by atoms with Gasteiger partial charge in [-0.15, -0.1) is 0 Å². The molecule has 1 N–H and O–H groups in total. The fourth-order valence-electron chi connectivity index (χ4n) is 1.91. The van der Waals surface area contributed by atoms with Crippen molar-refractivity contribution in [2.75, 3.05) is 13.2 Å². The van der Waals surface area contributed by atoms with Crippen molar-refractivity contribution in [2.24, 2.45) is 5.92 Å². The topological polar surface area (TPSA) is 21.3 Å². The Hall–Kier alpha value is -0.290. The summed E-state index contributed by atoms with van der Waals surface area (Å²) in [5.41, 5.74) is 0. The smallest absolute Gasteiger partial charge is 0.381 e. The van der Waals surface area contributed by atoms with E-state index in [1.807, 2.05) is 0 Å². The summed E-state index contributed by atoms with van der Waals surface area (Å²) in [5.74, 6) is -0.346. The zero-order valence-corrected chi connectivity index (χ0v) is 9.10. The van der Waals surface area contributed by atoms with Gasteiger partial charge in [-0.2, -0.15) is 13.2 Å². The van der Waals surface area contributed by atoms with Gasteiger partial charge in [0.2, 0.25) is 0 Å². The van der Waals surface area contributed by atoms with Crippen LogP contribution in [0.3, 0.4) is 0 Å². The van der Waals surface area contributed by atoms with Crippen molar-refractivity contribution in [1.29, 1.82) is 0 Å². The Kier molecular flexibility index (Phi) is 4.40. The molecule has 1 aliphatic heterocycles. The first-order valence-corrected chi connectivity index (χ1v) is 5.31. The predicted octanol–water partition coefficient (Wildman–Crippen LogP) is 2.34. The third kappa shape index (κ3) is 3.99. The lowest BCUT2D eigenvalue weighted by molar-refractivity contribution is -0.175. The Morgan fingerprint density at radius 3 is 2.13 bits per heavy atom. The van der Waals surface area contributed by atoms with Crippen LogP contribution in [0, 0.1) is 5.92 Å². The first-order valence-electron chi connectivity index (χ1n) is 5.31. The van der Waals surface area contributed by atoms with Crippen LogP contribution in [0.2, 0.25) is 0 Å². The standard InChI is InChI=1S/C10H18F3NO/c1-7(2)14-9(10(11,12)13)8-3-5-15-6-4-8/h7-9,14H,3-6H2,1-2H3. The molecule has 1 heterocycles. The lowest BCUT2D eigenvalue weighted by atomic mass is 9.91. The van der Waals surface area contributed by atoms with Gasteiger partial charge in [-0.05, 0) is 18.8 Å². The highest BCUT2D eigenvalue weighted by molar-refractivity contribution is 4.85. The average Bonchev–Trinajstić information content (AvgIpc) is 2.14. The van der Waals surface area contributed by atoms with Gasteiger partial charge in [-0.25, -0.2) is 0 Å². The van der Waals surface area contributed by atoms with E-state index in [4.69, 9.17) is 4.74 Å². The molecule has 0 spiro atoms. The summed E-state index contributed by atoms with van der Waals surface area (Å²) in [5, 5.41) is 2.61. The highest BCUT2D eigenvalue weighted by atomic mass is 19.4. The number of halogens is 3. The molecular weight excluding hydrogens is 207 g/mol. The lowest BCUT2D eigenvalue weighted by Gasteiger charge is -2.33. The van der Waals surface area contributed by atoms with Crippen LogP contribution in [-0.2, 0) is 4.74 Å². The molecule has 0 bridgehead atoms. The van der Waals surface area contributed by atoms with Crippen molar-refractivity contribution >= 4 is 0 Å². The highest BCUT2D eigenvalue weighted by Crippen LogP contribution is 2.31. The summed E-state index contributed by atoms with van der Waals surface area (Å²) in [7, 11) is 0. The van der Waals surface area contributed by atoms with E-state index < -0.39 is 12.2 Å². The van der Waals surface area contributed by atoms with Crippen LogP contribution in [0.1, 0.15) is 26.7 Å². The third-order valence-corrected chi connectivity index (χ3v) is 2.60. The second-order valence-corrected chi connectivity index (χ2v) is 4.29. The van der Waals surface area contributed by atoms with E-state index in [0.29, 0.717) is 26.1 Å². The molecule has 5 heteroatoms. The molecule has 1 aliphatic rings. The average molecular weight is 225 g/mol. The molecular formula is C10H18F3NO. The molecule has 1 rings (SSSR count). The molecule has 15 heavy (non-hydrogen) atoms. The van der Waals surface area contributed by atoms with Gasteiger partial charge in [-0.1, -0.05) is 13.8 Å². The van der Waals surface area contributed by atoms with E-state index in [1.165, 1.54) is 0 Å². The molecule has 0 radical (unpaired) electrons. The SMILES string of the molecule is CC(C)NC(C1CCOCC1)C(F)(F)F. The second kappa shape index (κ2) is 5.16. The fourth-order valence-corrected chi connectivity index (χ4v) is 1.91. The maximum absolute atomic E-state index is 12.8. The van der Waals surface area contributed by atoms with Crippen LogP contribution in [-0.4, -0.2) is 31.5 Å². The number of nitrogens with one attached hydrogen (secondary N) is 1. The predicted molar refractivity (Wildman–Crippen MR) is 51.7 cm³/mol. The molecule has 0 aliphatic carbocycles. The van der Waals surface area contributed by atoms with Crippen LogP contribution in [0.5, 0.6) is 0 Å². The quantitative estimate of drug-likeness (QED) is 0.796. The molecule has 90 valence electrons. The third-order valence-electron chi connectivity index (χ3n) is 2.60. The molecule has 0 amide bonds. The van der Waals surface area contributed by atoms with Crippen LogP contribution >= 0.6 is 0 Å². The highest BCUT2D eigenvalue weighted by Gasteiger charge is 2.44. The van der Waals surface area contributed by atoms with Crippen molar-refractivity contribution in [1.82, 2.24) is 5.32 Å². The number of hydrogen-bond donors (Lipinski definition) is 1.